The van der Waals surface area contributed by atoms with E-state index in [0.717, 1.165) is 15.6 Å². The summed E-state index contributed by atoms with van der Waals surface area (Å²) in [5.74, 6) is 0.650. The van der Waals surface area contributed by atoms with Crippen molar-refractivity contribution in [2.75, 3.05) is 19.8 Å². The molecule has 1 aliphatic rings. The molecule has 5 rings (SSSR count). The summed E-state index contributed by atoms with van der Waals surface area (Å²) in [4.78, 5) is 22.5. The third-order valence-corrected chi connectivity index (χ3v) is 7.86. The van der Waals surface area contributed by atoms with E-state index in [1.54, 1.807) is 30.3 Å². The summed E-state index contributed by atoms with van der Waals surface area (Å²) in [7, 11) is 0. The molecule has 0 bridgehead atoms. The maximum Gasteiger partial charge on any atom is 0.252 e. The molecule has 10 heteroatoms. The van der Waals surface area contributed by atoms with E-state index in [0.29, 0.717) is 54.5 Å². The number of carbonyl (C=O) groups is 1. The van der Waals surface area contributed by atoms with Crippen LogP contribution < -0.4 is 10.1 Å². The maximum atomic E-state index is 14.4. The van der Waals surface area contributed by atoms with Gasteiger partial charge in [0.1, 0.15) is 5.75 Å². The van der Waals surface area contributed by atoms with E-state index in [4.69, 9.17) is 19.6 Å². The maximum absolute atomic E-state index is 14.4. The molecule has 2 atom stereocenters. The van der Waals surface area contributed by atoms with Gasteiger partial charge < -0.3 is 19.9 Å². The SMILES string of the molecule is [N-]=[N+]=Nc1ccccc1[C@H]1OC(c2ccc(OCCCO)cc2)=N[C@@]1(Cc1ccccc1)C(=O)NCCc1ccc(Br)cc1. The number of azide groups is 1. The minimum Gasteiger partial charge on any atom is -0.494 e. The van der Waals surface area contributed by atoms with Crippen LogP contribution in [0, 0.1) is 0 Å². The lowest BCUT2D eigenvalue weighted by Gasteiger charge is -2.31. The van der Waals surface area contributed by atoms with E-state index in [1.165, 1.54) is 0 Å². The molecule has 0 aromatic heterocycles. The Morgan fingerprint density at radius 1 is 1.00 bits per heavy atom. The van der Waals surface area contributed by atoms with Crippen LogP contribution in [0.2, 0.25) is 0 Å². The highest BCUT2D eigenvalue weighted by Crippen LogP contribution is 2.45. The average Bonchev–Trinajstić information content (AvgIpc) is 3.43. The summed E-state index contributed by atoms with van der Waals surface area (Å²) in [5.41, 5.74) is 11.5. The molecule has 224 valence electrons. The average molecular weight is 655 g/mol. The van der Waals surface area contributed by atoms with E-state index >= 15 is 0 Å². The molecular formula is C34H32BrN5O4. The van der Waals surface area contributed by atoms with Gasteiger partial charge >= 0.3 is 0 Å². The molecule has 0 saturated heterocycles. The Morgan fingerprint density at radius 2 is 1.73 bits per heavy atom. The second kappa shape index (κ2) is 14.7. The number of rotatable bonds is 13. The van der Waals surface area contributed by atoms with Crippen molar-refractivity contribution in [2.45, 2.75) is 30.9 Å². The van der Waals surface area contributed by atoms with Crippen LogP contribution in [-0.2, 0) is 22.4 Å². The fourth-order valence-electron chi connectivity index (χ4n) is 5.14. The Labute approximate surface area is 264 Å². The highest BCUT2D eigenvalue weighted by Gasteiger charge is 2.53. The molecule has 1 aliphatic heterocycles. The van der Waals surface area contributed by atoms with Crippen LogP contribution in [-0.4, -0.2) is 42.2 Å². The van der Waals surface area contributed by atoms with Gasteiger partial charge in [-0.1, -0.05) is 87.8 Å². The first-order valence-corrected chi connectivity index (χ1v) is 15.1. The Morgan fingerprint density at radius 3 is 2.45 bits per heavy atom. The smallest absolute Gasteiger partial charge is 0.252 e. The van der Waals surface area contributed by atoms with Gasteiger partial charge in [-0.25, -0.2) is 4.99 Å². The minimum atomic E-state index is -1.41. The molecule has 0 fully saturated rings. The minimum absolute atomic E-state index is 0.0517. The first kappa shape index (κ1) is 30.8. The molecule has 9 nitrogen and oxygen atoms in total. The van der Waals surface area contributed by atoms with Crippen molar-refractivity contribution >= 4 is 33.4 Å². The summed E-state index contributed by atoms with van der Waals surface area (Å²) in [6, 6.07) is 32.0. The predicted octanol–water partition coefficient (Wildman–Crippen LogP) is 7.01. The number of hydrogen-bond donors (Lipinski definition) is 2. The van der Waals surface area contributed by atoms with E-state index in [1.807, 2.05) is 72.8 Å². The molecule has 0 saturated carbocycles. The summed E-state index contributed by atoms with van der Waals surface area (Å²) in [6.45, 7) is 0.842. The Balaban J connectivity index is 1.54. The second-order valence-corrected chi connectivity index (χ2v) is 11.2. The van der Waals surface area contributed by atoms with Gasteiger partial charge in [-0.2, -0.15) is 0 Å². The predicted molar refractivity (Wildman–Crippen MR) is 173 cm³/mol. The topological polar surface area (TPSA) is 129 Å². The third-order valence-electron chi connectivity index (χ3n) is 7.33. The van der Waals surface area contributed by atoms with Crippen LogP contribution in [0.15, 0.2) is 118 Å². The quantitative estimate of drug-likeness (QED) is 0.0696. The van der Waals surface area contributed by atoms with Crippen molar-refractivity contribution in [1.82, 2.24) is 5.32 Å². The van der Waals surface area contributed by atoms with Gasteiger partial charge in [0.15, 0.2) is 11.6 Å². The van der Waals surface area contributed by atoms with Crippen molar-refractivity contribution in [3.8, 4) is 5.75 Å². The summed E-state index contributed by atoms with van der Waals surface area (Å²) in [6.07, 6.45) is 0.532. The number of ether oxygens (including phenoxy) is 2. The van der Waals surface area contributed by atoms with Gasteiger partial charge in [0.25, 0.3) is 5.91 Å². The summed E-state index contributed by atoms with van der Waals surface area (Å²) >= 11 is 3.46. The fourth-order valence-corrected chi connectivity index (χ4v) is 5.40. The number of amides is 1. The molecule has 4 aromatic rings. The Hall–Kier alpha value is -4.63. The summed E-state index contributed by atoms with van der Waals surface area (Å²) in [5, 5.41) is 16.1. The molecule has 0 aliphatic carbocycles. The zero-order valence-electron chi connectivity index (χ0n) is 24.0. The molecule has 1 amide bonds. The van der Waals surface area contributed by atoms with E-state index in [2.05, 4.69) is 31.3 Å². The van der Waals surface area contributed by atoms with Crippen molar-refractivity contribution in [2.24, 2.45) is 10.1 Å². The first-order chi connectivity index (χ1) is 21.5. The van der Waals surface area contributed by atoms with Gasteiger partial charge in [-0.15, -0.1) is 0 Å². The van der Waals surface area contributed by atoms with E-state index in [-0.39, 0.29) is 18.9 Å². The summed E-state index contributed by atoms with van der Waals surface area (Å²) < 4.78 is 13.3. The Kier molecular flexibility index (Phi) is 10.3. The highest BCUT2D eigenvalue weighted by atomic mass is 79.9. The van der Waals surface area contributed by atoms with Crippen LogP contribution in [0.25, 0.3) is 10.4 Å². The first-order valence-electron chi connectivity index (χ1n) is 14.3. The molecule has 1 heterocycles. The molecule has 0 spiro atoms. The lowest BCUT2D eigenvalue weighted by atomic mass is 9.81. The van der Waals surface area contributed by atoms with Crippen LogP contribution in [0.3, 0.4) is 0 Å². The fraction of sp³-hybridized carbons (Fsp3) is 0.235. The van der Waals surface area contributed by atoms with Crippen molar-refractivity contribution < 1.29 is 19.4 Å². The number of halogens is 1. The normalized spacial score (nSPS) is 17.2. The lowest BCUT2D eigenvalue weighted by Crippen LogP contribution is -2.50. The monoisotopic (exact) mass is 653 g/mol. The standard InChI is InChI=1S/C34H32BrN5O4/c35-27-15-11-24(12-16-27)19-20-37-33(42)34(23-25-7-2-1-3-8-25)31(29-9-4-5-10-30(29)39-40-36)44-32(38-34)26-13-17-28(18-14-26)43-22-6-21-41/h1-5,7-18,31,41H,6,19-23H2,(H,37,42)/t31-,34-/m1/s1. The van der Waals surface area contributed by atoms with Crippen molar-refractivity contribution in [3.05, 3.63) is 140 Å². The van der Waals surface area contributed by atoms with Gasteiger partial charge in [0.2, 0.25) is 5.90 Å². The number of nitrogens with zero attached hydrogens (tertiary/aromatic N) is 4. The highest BCUT2D eigenvalue weighted by molar-refractivity contribution is 9.10. The van der Waals surface area contributed by atoms with Gasteiger partial charge in [0.05, 0.1) is 6.61 Å². The van der Waals surface area contributed by atoms with E-state index < -0.39 is 11.6 Å². The number of aliphatic imine (C=N–C) groups is 1. The molecule has 2 N–H and O–H groups in total. The number of hydrogen-bond acceptors (Lipinski definition) is 6. The van der Waals surface area contributed by atoms with Crippen LogP contribution in [0.1, 0.15) is 34.8 Å². The molecular weight excluding hydrogens is 622 g/mol. The molecule has 0 radical (unpaired) electrons. The Bertz CT molecular complexity index is 1640. The number of benzene rings is 4. The van der Waals surface area contributed by atoms with Crippen LogP contribution in [0.5, 0.6) is 5.75 Å². The lowest BCUT2D eigenvalue weighted by molar-refractivity contribution is -0.128. The molecule has 44 heavy (non-hydrogen) atoms. The zero-order chi connectivity index (χ0) is 30.8. The molecule has 0 unspecified atom stereocenters. The van der Waals surface area contributed by atoms with Crippen LogP contribution in [0.4, 0.5) is 5.69 Å². The number of nitrogens with one attached hydrogen (secondary N) is 1. The van der Waals surface area contributed by atoms with E-state index in [9.17, 15) is 10.3 Å². The zero-order valence-corrected chi connectivity index (χ0v) is 25.6. The molecule has 4 aromatic carbocycles. The van der Waals surface area contributed by atoms with Gasteiger partial charge in [0, 0.05) is 52.2 Å². The van der Waals surface area contributed by atoms with Crippen molar-refractivity contribution in [3.63, 3.8) is 0 Å². The van der Waals surface area contributed by atoms with Crippen molar-refractivity contribution in [1.29, 1.82) is 0 Å². The van der Waals surface area contributed by atoms with Crippen LogP contribution >= 0.6 is 15.9 Å². The number of carbonyl (C=O) groups excluding carboxylic acids is 1. The van der Waals surface area contributed by atoms with Gasteiger partial charge in [-0.3, -0.25) is 4.79 Å². The second-order valence-electron chi connectivity index (χ2n) is 10.3. The third kappa shape index (κ3) is 7.29. The number of aliphatic hydroxyl groups is 1. The number of aliphatic hydroxyl groups excluding tert-OH is 1. The van der Waals surface area contributed by atoms with Gasteiger partial charge in [-0.05, 0) is 59.5 Å². The largest absolute Gasteiger partial charge is 0.494 e.